The van der Waals surface area contributed by atoms with Crippen molar-refractivity contribution in [2.45, 2.75) is 62.8 Å². The second-order valence-corrected chi connectivity index (χ2v) is 11.2. The smallest absolute Gasteiger partial charge is 0.243 e. The molecule has 0 aliphatic carbocycles. The number of carbonyl (C=O) groups excluding carboxylic acids is 4. The van der Waals surface area contributed by atoms with E-state index in [9.17, 15) is 24.3 Å². The fourth-order valence-electron chi connectivity index (χ4n) is 5.85. The first-order chi connectivity index (χ1) is 20.8. The number of hydrogen-bond acceptors (Lipinski definition) is 6. The number of phenols is 1. The van der Waals surface area contributed by atoms with Crippen molar-refractivity contribution in [1.82, 2.24) is 20.9 Å². The average molecular weight is 584 g/mol. The molecule has 0 saturated carbocycles. The normalized spacial score (nSPS) is 19.1. The second kappa shape index (κ2) is 13.5. The Bertz CT molecular complexity index is 1470. The molecule has 10 heteroatoms. The molecule has 1 saturated heterocycles. The largest absolute Gasteiger partial charge is 0.508 e. The quantitative estimate of drug-likeness (QED) is 0.243. The number of fused-ring (bicyclic) bond motifs is 1. The number of phenolic OH excluding ortho intramolecular Hbond substituents is 1. The molecule has 4 atom stereocenters. The van der Waals surface area contributed by atoms with Crippen LogP contribution < -0.4 is 21.7 Å². The molecule has 1 fully saturated rings. The summed E-state index contributed by atoms with van der Waals surface area (Å²) in [4.78, 5) is 54.7. The van der Waals surface area contributed by atoms with Crippen LogP contribution in [0, 0.1) is 0 Å². The van der Waals surface area contributed by atoms with Crippen molar-refractivity contribution >= 4 is 23.6 Å². The highest BCUT2D eigenvalue weighted by Crippen LogP contribution is 2.25. The predicted octanol–water partition coefficient (Wildman–Crippen LogP) is 1.34. The molecule has 43 heavy (non-hydrogen) atoms. The predicted molar refractivity (Wildman–Crippen MR) is 161 cm³/mol. The van der Waals surface area contributed by atoms with Gasteiger partial charge in [0.15, 0.2) is 0 Å². The van der Waals surface area contributed by atoms with E-state index in [4.69, 9.17) is 5.73 Å². The van der Waals surface area contributed by atoms with Crippen LogP contribution in [0.5, 0.6) is 5.75 Å². The molecule has 6 N–H and O–H groups in total. The molecule has 0 unspecified atom stereocenters. The topological polar surface area (TPSA) is 154 Å². The van der Waals surface area contributed by atoms with Gasteiger partial charge in [0.25, 0.3) is 0 Å². The van der Waals surface area contributed by atoms with Crippen LogP contribution in [-0.2, 0) is 45.0 Å². The van der Waals surface area contributed by atoms with E-state index in [1.165, 1.54) is 0 Å². The van der Waals surface area contributed by atoms with Gasteiger partial charge in [-0.15, -0.1) is 0 Å². The molecule has 10 nitrogen and oxygen atoms in total. The van der Waals surface area contributed by atoms with Gasteiger partial charge in [0.2, 0.25) is 23.6 Å². The molecule has 2 aliphatic heterocycles. The number of rotatable bonds is 10. The minimum absolute atomic E-state index is 0.148. The summed E-state index contributed by atoms with van der Waals surface area (Å²) >= 11 is 0. The molecule has 5 rings (SSSR count). The van der Waals surface area contributed by atoms with Crippen molar-refractivity contribution in [2.75, 3.05) is 6.54 Å². The lowest BCUT2D eigenvalue weighted by molar-refractivity contribution is -0.141. The fraction of sp³-hybridized carbons (Fsp3) is 0.333. The Labute approximate surface area is 250 Å². The number of benzene rings is 3. The molecule has 224 valence electrons. The lowest BCUT2D eigenvalue weighted by atomic mass is 9.94. The van der Waals surface area contributed by atoms with E-state index >= 15 is 0 Å². The third-order valence-electron chi connectivity index (χ3n) is 8.15. The van der Waals surface area contributed by atoms with Gasteiger partial charge in [0.05, 0.1) is 6.04 Å². The fourth-order valence-corrected chi connectivity index (χ4v) is 5.85. The lowest BCUT2D eigenvalue weighted by Gasteiger charge is -2.32. The number of nitrogens with zero attached hydrogens (tertiary/aromatic N) is 1. The first-order valence-electron chi connectivity index (χ1n) is 14.6. The number of aromatic hydroxyl groups is 1. The summed E-state index contributed by atoms with van der Waals surface area (Å²) in [5.74, 6) is -1.67. The molecule has 4 amide bonds. The third-order valence-corrected chi connectivity index (χ3v) is 8.15. The van der Waals surface area contributed by atoms with Crippen LogP contribution in [0.1, 0.15) is 35.1 Å². The monoisotopic (exact) mass is 583 g/mol. The highest BCUT2D eigenvalue weighted by molar-refractivity contribution is 5.95. The second-order valence-electron chi connectivity index (χ2n) is 11.2. The molecular weight excluding hydrogens is 546 g/mol. The van der Waals surface area contributed by atoms with Gasteiger partial charge in [-0.05, 0) is 53.6 Å². The van der Waals surface area contributed by atoms with Crippen molar-refractivity contribution in [3.05, 3.63) is 101 Å². The van der Waals surface area contributed by atoms with Crippen LogP contribution in [0.25, 0.3) is 0 Å². The molecular formula is C33H37N5O5. The van der Waals surface area contributed by atoms with Gasteiger partial charge in [-0.25, -0.2) is 0 Å². The number of amides is 4. The van der Waals surface area contributed by atoms with E-state index in [1.807, 2.05) is 66.7 Å². The Balaban J connectivity index is 1.29. The number of primary amides is 1. The zero-order valence-corrected chi connectivity index (χ0v) is 23.9. The molecule has 2 aliphatic rings. The zero-order valence-electron chi connectivity index (χ0n) is 23.9. The van der Waals surface area contributed by atoms with Gasteiger partial charge in [-0.1, -0.05) is 66.7 Å². The van der Waals surface area contributed by atoms with Crippen molar-refractivity contribution in [2.24, 2.45) is 5.73 Å². The van der Waals surface area contributed by atoms with E-state index < -0.39 is 41.9 Å². The first-order valence-corrected chi connectivity index (χ1v) is 14.6. The summed E-state index contributed by atoms with van der Waals surface area (Å²) < 4.78 is 0. The number of likely N-dealkylation sites (tertiary alicyclic amines) is 1. The molecule has 0 aromatic heterocycles. The number of nitrogens with one attached hydrogen (secondary N) is 3. The molecule has 0 radical (unpaired) electrons. The molecule has 2 heterocycles. The van der Waals surface area contributed by atoms with Crippen LogP contribution in [-0.4, -0.2) is 64.3 Å². The van der Waals surface area contributed by atoms with Crippen LogP contribution in [0.2, 0.25) is 0 Å². The van der Waals surface area contributed by atoms with Crippen LogP contribution >= 0.6 is 0 Å². The Hall–Kier alpha value is -4.70. The highest BCUT2D eigenvalue weighted by atomic mass is 16.3. The lowest BCUT2D eigenvalue weighted by Crippen LogP contribution is -2.58. The van der Waals surface area contributed by atoms with Gasteiger partial charge in [-0.3, -0.25) is 19.2 Å². The zero-order chi connectivity index (χ0) is 30.3. The van der Waals surface area contributed by atoms with E-state index in [2.05, 4.69) is 16.0 Å². The summed E-state index contributed by atoms with van der Waals surface area (Å²) in [6.45, 7) is 0.915. The Kier molecular flexibility index (Phi) is 9.36. The summed E-state index contributed by atoms with van der Waals surface area (Å²) in [5, 5.41) is 18.8. The minimum atomic E-state index is -0.993. The standard InChI is InChI=1S/C33H37N5O5/c34-30(40)26(16-21-8-3-1-4-9-21)36-31(41)27(17-22-10-5-2-6-11-22)37-32(42)29-12-7-15-38(29)33(43)28-19-24-18-25(39)14-13-23(24)20-35-28/h1-6,8-11,13-14,18,26-29,35,39H,7,12,15-17,19-20H2,(H2,34,40)(H,36,41)(H,37,42)/t26-,27-,28-,29-/m0/s1. The third kappa shape index (κ3) is 7.39. The van der Waals surface area contributed by atoms with Crippen molar-refractivity contribution < 1.29 is 24.3 Å². The van der Waals surface area contributed by atoms with Crippen LogP contribution in [0.3, 0.4) is 0 Å². The van der Waals surface area contributed by atoms with E-state index in [-0.39, 0.29) is 24.5 Å². The highest BCUT2D eigenvalue weighted by Gasteiger charge is 2.39. The Morgan fingerprint density at radius 3 is 2.19 bits per heavy atom. The summed E-state index contributed by atoms with van der Waals surface area (Å²) in [7, 11) is 0. The van der Waals surface area contributed by atoms with Crippen LogP contribution in [0.15, 0.2) is 78.9 Å². The van der Waals surface area contributed by atoms with Crippen molar-refractivity contribution in [1.29, 1.82) is 0 Å². The van der Waals surface area contributed by atoms with Crippen molar-refractivity contribution in [3.63, 3.8) is 0 Å². The van der Waals surface area contributed by atoms with Gasteiger partial charge < -0.3 is 31.7 Å². The maximum atomic E-state index is 13.7. The average Bonchev–Trinajstić information content (AvgIpc) is 3.51. The SMILES string of the molecule is NC(=O)[C@H](Cc1ccccc1)NC(=O)[C@H](Cc1ccccc1)NC(=O)[C@@H]1CCCN1C(=O)[C@@H]1Cc2cc(O)ccc2CN1. The van der Waals surface area contributed by atoms with Crippen LogP contribution in [0.4, 0.5) is 0 Å². The maximum Gasteiger partial charge on any atom is 0.243 e. The van der Waals surface area contributed by atoms with E-state index in [1.54, 1.807) is 17.0 Å². The number of hydrogen-bond donors (Lipinski definition) is 5. The van der Waals surface area contributed by atoms with Gasteiger partial charge in [0.1, 0.15) is 23.9 Å². The van der Waals surface area contributed by atoms with E-state index in [0.29, 0.717) is 32.4 Å². The minimum Gasteiger partial charge on any atom is -0.508 e. The summed E-state index contributed by atoms with van der Waals surface area (Å²) in [6.07, 6.45) is 1.94. The van der Waals surface area contributed by atoms with Crippen molar-refractivity contribution in [3.8, 4) is 5.75 Å². The van der Waals surface area contributed by atoms with E-state index in [0.717, 1.165) is 22.3 Å². The first kappa shape index (κ1) is 29.8. The molecule has 0 spiro atoms. The number of carbonyl (C=O) groups is 4. The maximum absolute atomic E-state index is 13.7. The van der Waals surface area contributed by atoms with Gasteiger partial charge in [-0.2, -0.15) is 0 Å². The molecule has 0 bridgehead atoms. The summed E-state index contributed by atoms with van der Waals surface area (Å²) in [5.41, 5.74) is 9.23. The van der Waals surface area contributed by atoms with Gasteiger partial charge in [0, 0.05) is 25.9 Å². The molecule has 3 aromatic carbocycles. The van der Waals surface area contributed by atoms with Gasteiger partial charge >= 0.3 is 0 Å². The number of nitrogens with two attached hydrogens (primary N) is 1. The Morgan fingerprint density at radius 1 is 0.884 bits per heavy atom. The summed E-state index contributed by atoms with van der Waals surface area (Å²) in [6, 6.07) is 20.4. The molecule has 3 aromatic rings. The Morgan fingerprint density at radius 2 is 1.53 bits per heavy atom.